The molecule has 1 aromatic heterocycles. The van der Waals surface area contributed by atoms with Gasteiger partial charge < -0.3 is 4.90 Å². The number of thiophene rings is 1. The predicted molar refractivity (Wildman–Crippen MR) is 59.7 cm³/mol. The number of hydrogen-bond donors (Lipinski definition) is 0. The Kier molecular flexibility index (Phi) is 3.52. The van der Waals surface area contributed by atoms with E-state index in [4.69, 9.17) is 0 Å². The fourth-order valence-electron chi connectivity index (χ4n) is 0.763. The van der Waals surface area contributed by atoms with Crippen LogP contribution in [0.4, 0.5) is 0 Å². The molecule has 2 nitrogen and oxygen atoms in total. The summed E-state index contributed by atoms with van der Waals surface area (Å²) in [5, 5.41) is 1.94. The summed E-state index contributed by atoms with van der Waals surface area (Å²) in [7, 11) is 1.82. The quantitative estimate of drug-likeness (QED) is 0.767. The molecular formula is C8H10INOS. The second kappa shape index (κ2) is 4.23. The number of carbonyl (C=O) groups excluding carboxylic acids is 1. The third-order valence-corrected chi connectivity index (χ3v) is 3.80. The van der Waals surface area contributed by atoms with Crippen molar-refractivity contribution in [1.29, 1.82) is 0 Å². The van der Waals surface area contributed by atoms with Gasteiger partial charge in [-0.05, 0) is 41.0 Å². The van der Waals surface area contributed by atoms with E-state index in [1.165, 1.54) is 11.3 Å². The molecule has 4 heteroatoms. The van der Waals surface area contributed by atoms with E-state index in [2.05, 4.69) is 22.6 Å². The number of halogens is 1. The van der Waals surface area contributed by atoms with E-state index in [1.807, 2.05) is 25.4 Å². The van der Waals surface area contributed by atoms with Gasteiger partial charge >= 0.3 is 0 Å². The zero-order chi connectivity index (χ0) is 9.14. The first-order chi connectivity index (χ1) is 5.66. The zero-order valence-electron chi connectivity index (χ0n) is 7.00. The molecule has 66 valence electrons. The molecule has 1 heterocycles. The molecule has 0 saturated carbocycles. The summed E-state index contributed by atoms with van der Waals surface area (Å²) in [5.74, 6) is 0.122. The molecule has 0 fully saturated rings. The molecule has 0 atom stereocenters. The Balaban J connectivity index is 2.85. The van der Waals surface area contributed by atoms with Crippen molar-refractivity contribution < 1.29 is 4.79 Å². The van der Waals surface area contributed by atoms with Crippen LogP contribution in [0.1, 0.15) is 16.6 Å². The molecule has 1 amide bonds. The molecule has 1 aromatic rings. The first-order valence-electron chi connectivity index (χ1n) is 3.65. The SMILES string of the molecule is CCN(C)C(=O)c1sccc1I. The Bertz CT molecular complexity index is 284. The van der Waals surface area contributed by atoms with Crippen molar-refractivity contribution in [2.24, 2.45) is 0 Å². The van der Waals surface area contributed by atoms with Crippen LogP contribution < -0.4 is 0 Å². The molecule has 0 unspecified atom stereocenters. The maximum Gasteiger partial charge on any atom is 0.264 e. The van der Waals surface area contributed by atoms with Crippen LogP contribution >= 0.6 is 33.9 Å². The molecule has 0 bridgehead atoms. The summed E-state index contributed by atoms with van der Waals surface area (Å²) >= 11 is 3.69. The number of rotatable bonds is 2. The van der Waals surface area contributed by atoms with Crippen molar-refractivity contribution >= 4 is 39.8 Å². The standard InChI is InChI=1S/C8H10INOS/c1-3-10(2)8(11)7-6(9)4-5-12-7/h4-5H,3H2,1-2H3. The average Bonchev–Trinajstić information content (AvgIpc) is 2.48. The van der Waals surface area contributed by atoms with Crippen molar-refractivity contribution in [1.82, 2.24) is 4.90 Å². The van der Waals surface area contributed by atoms with Gasteiger partial charge in [0.2, 0.25) is 0 Å². The van der Waals surface area contributed by atoms with Crippen molar-refractivity contribution in [3.8, 4) is 0 Å². The first kappa shape index (κ1) is 9.98. The second-order valence-electron chi connectivity index (χ2n) is 2.42. The number of hydrogen-bond acceptors (Lipinski definition) is 2. The molecule has 0 N–H and O–H groups in total. The Morgan fingerprint density at radius 3 is 2.83 bits per heavy atom. The predicted octanol–water partition coefficient (Wildman–Crippen LogP) is 2.44. The fourth-order valence-corrected chi connectivity index (χ4v) is 2.58. The third kappa shape index (κ3) is 1.98. The lowest BCUT2D eigenvalue weighted by atomic mass is 10.4. The van der Waals surface area contributed by atoms with Crippen molar-refractivity contribution in [3.05, 3.63) is 19.9 Å². The van der Waals surface area contributed by atoms with Crippen molar-refractivity contribution in [3.63, 3.8) is 0 Å². The fraction of sp³-hybridized carbons (Fsp3) is 0.375. The van der Waals surface area contributed by atoms with Gasteiger partial charge in [0.05, 0.1) is 0 Å². The minimum Gasteiger partial charge on any atom is -0.341 e. The molecule has 0 aromatic carbocycles. The smallest absolute Gasteiger partial charge is 0.264 e. The highest BCUT2D eigenvalue weighted by Gasteiger charge is 2.14. The van der Waals surface area contributed by atoms with E-state index in [9.17, 15) is 4.79 Å². The van der Waals surface area contributed by atoms with Crippen LogP contribution in [0.3, 0.4) is 0 Å². The molecule has 0 aliphatic carbocycles. The van der Waals surface area contributed by atoms with Gasteiger partial charge in [-0.2, -0.15) is 0 Å². The lowest BCUT2D eigenvalue weighted by Gasteiger charge is -2.12. The number of amides is 1. The third-order valence-electron chi connectivity index (χ3n) is 1.63. The van der Waals surface area contributed by atoms with Crippen LogP contribution in [-0.2, 0) is 0 Å². The Morgan fingerprint density at radius 2 is 2.42 bits per heavy atom. The van der Waals surface area contributed by atoms with Gasteiger partial charge in [-0.15, -0.1) is 11.3 Å². The highest BCUT2D eigenvalue weighted by molar-refractivity contribution is 14.1. The van der Waals surface area contributed by atoms with Crippen molar-refractivity contribution in [2.75, 3.05) is 13.6 Å². The molecular weight excluding hydrogens is 285 g/mol. The van der Waals surface area contributed by atoms with Gasteiger partial charge in [-0.1, -0.05) is 0 Å². The molecule has 1 rings (SSSR count). The van der Waals surface area contributed by atoms with Crippen LogP contribution in [0.15, 0.2) is 11.4 Å². The molecule has 0 spiro atoms. The van der Waals surface area contributed by atoms with Crippen LogP contribution in [0.5, 0.6) is 0 Å². The summed E-state index contributed by atoms with van der Waals surface area (Å²) < 4.78 is 1.04. The Labute approximate surface area is 89.7 Å². The van der Waals surface area contributed by atoms with Gasteiger partial charge in [0.15, 0.2) is 0 Å². The van der Waals surface area contributed by atoms with E-state index in [0.717, 1.165) is 15.0 Å². The van der Waals surface area contributed by atoms with E-state index < -0.39 is 0 Å². The topological polar surface area (TPSA) is 20.3 Å². The summed E-state index contributed by atoms with van der Waals surface area (Å²) in [6.07, 6.45) is 0. The van der Waals surface area contributed by atoms with E-state index in [1.54, 1.807) is 4.90 Å². The molecule has 0 aliphatic rings. The van der Waals surface area contributed by atoms with Crippen LogP contribution in [0, 0.1) is 3.57 Å². The van der Waals surface area contributed by atoms with E-state index in [0.29, 0.717) is 0 Å². The monoisotopic (exact) mass is 295 g/mol. The summed E-state index contributed by atoms with van der Waals surface area (Å²) in [5.41, 5.74) is 0. The highest BCUT2D eigenvalue weighted by atomic mass is 127. The highest BCUT2D eigenvalue weighted by Crippen LogP contribution is 2.19. The number of nitrogens with zero attached hydrogens (tertiary/aromatic N) is 1. The Morgan fingerprint density at radius 1 is 1.75 bits per heavy atom. The van der Waals surface area contributed by atoms with Gasteiger partial charge in [0.1, 0.15) is 4.88 Å². The van der Waals surface area contributed by atoms with Crippen molar-refractivity contribution in [2.45, 2.75) is 6.92 Å². The minimum absolute atomic E-state index is 0.122. The molecule has 0 radical (unpaired) electrons. The minimum atomic E-state index is 0.122. The largest absolute Gasteiger partial charge is 0.341 e. The Hall–Kier alpha value is -0.100. The average molecular weight is 295 g/mol. The van der Waals surface area contributed by atoms with Crippen LogP contribution in [0.2, 0.25) is 0 Å². The first-order valence-corrected chi connectivity index (χ1v) is 5.61. The summed E-state index contributed by atoms with van der Waals surface area (Å²) in [6.45, 7) is 2.73. The van der Waals surface area contributed by atoms with Gasteiger partial charge in [0, 0.05) is 17.2 Å². The number of carbonyl (C=O) groups is 1. The zero-order valence-corrected chi connectivity index (χ0v) is 9.98. The normalized spacial score (nSPS) is 9.92. The van der Waals surface area contributed by atoms with Gasteiger partial charge in [-0.25, -0.2) is 0 Å². The van der Waals surface area contributed by atoms with Gasteiger partial charge in [-0.3, -0.25) is 4.79 Å². The molecule has 0 aliphatic heterocycles. The van der Waals surface area contributed by atoms with E-state index >= 15 is 0 Å². The van der Waals surface area contributed by atoms with Gasteiger partial charge in [0.25, 0.3) is 5.91 Å². The van der Waals surface area contributed by atoms with Crippen LogP contribution in [-0.4, -0.2) is 24.4 Å². The maximum atomic E-state index is 11.6. The summed E-state index contributed by atoms with van der Waals surface area (Å²) in [4.78, 5) is 14.2. The molecule has 0 saturated heterocycles. The lowest BCUT2D eigenvalue weighted by molar-refractivity contribution is 0.0806. The van der Waals surface area contributed by atoms with Crippen LogP contribution in [0.25, 0.3) is 0 Å². The summed E-state index contributed by atoms with van der Waals surface area (Å²) in [6, 6.07) is 1.96. The molecule has 12 heavy (non-hydrogen) atoms. The second-order valence-corrected chi connectivity index (χ2v) is 4.50. The maximum absolute atomic E-state index is 11.6. The lowest BCUT2D eigenvalue weighted by Crippen LogP contribution is -2.25. The van der Waals surface area contributed by atoms with E-state index in [-0.39, 0.29) is 5.91 Å².